The molecule has 0 aliphatic carbocycles. The number of aryl methyl sites for hydroxylation is 1. The van der Waals surface area contributed by atoms with Crippen molar-refractivity contribution in [2.45, 2.75) is 39.3 Å². The van der Waals surface area contributed by atoms with Gasteiger partial charge < -0.3 is 25.8 Å². The number of para-hydroxylation sites is 1. The van der Waals surface area contributed by atoms with Crippen molar-refractivity contribution in [2.75, 3.05) is 18.5 Å². The normalized spacial score (nSPS) is 12.3. The molecule has 37 heavy (non-hydrogen) atoms. The first-order valence-corrected chi connectivity index (χ1v) is 10.9. The lowest BCUT2D eigenvalue weighted by atomic mass is 10.1. The molecule has 0 unspecified atom stereocenters. The second kappa shape index (κ2) is 12.8. The first-order valence-electron chi connectivity index (χ1n) is 10.9. The highest BCUT2D eigenvalue weighted by Crippen LogP contribution is 2.27. The van der Waals surface area contributed by atoms with Gasteiger partial charge in [-0.25, -0.2) is 13.2 Å². The van der Waals surface area contributed by atoms with Crippen LogP contribution in [0.4, 0.5) is 23.2 Å². The molecule has 0 saturated carbocycles. The molecule has 4 N–H and O–H groups in total. The number of halogens is 4. The van der Waals surface area contributed by atoms with Crippen LogP contribution in [-0.4, -0.2) is 53.9 Å². The van der Waals surface area contributed by atoms with Crippen LogP contribution < -0.4 is 20.7 Å². The molecule has 0 aromatic heterocycles. The molecule has 13 heteroatoms. The molecule has 2 aromatic rings. The number of hydrogen-bond donors (Lipinski definition) is 4. The number of ketones is 1. The maximum absolute atomic E-state index is 13.9. The van der Waals surface area contributed by atoms with Crippen molar-refractivity contribution in [1.29, 1.82) is 0 Å². The van der Waals surface area contributed by atoms with Gasteiger partial charge in [-0.3, -0.25) is 19.2 Å². The Morgan fingerprint density at radius 3 is 2.27 bits per heavy atom. The maximum atomic E-state index is 13.9. The Labute approximate surface area is 209 Å². The van der Waals surface area contributed by atoms with Crippen molar-refractivity contribution < 1.29 is 46.6 Å². The van der Waals surface area contributed by atoms with E-state index in [4.69, 9.17) is 4.74 Å². The zero-order valence-electron chi connectivity index (χ0n) is 20.1. The monoisotopic (exact) mass is 527 g/mol. The minimum absolute atomic E-state index is 0.210. The minimum atomic E-state index is -1.52. The van der Waals surface area contributed by atoms with Crippen LogP contribution in [0, 0.1) is 37.1 Å². The molecule has 2 rings (SSSR count). The Bertz CT molecular complexity index is 1160. The van der Waals surface area contributed by atoms with Gasteiger partial charge in [-0.15, -0.1) is 0 Å². The number of anilines is 1. The quantitative estimate of drug-likeness (QED) is 0.212. The Hall–Kier alpha value is -4.00. The average Bonchev–Trinajstić information content (AvgIpc) is 2.84. The summed E-state index contributed by atoms with van der Waals surface area (Å²) in [6, 6.07) is 1.59. The lowest BCUT2D eigenvalue weighted by molar-refractivity contribution is -0.138. The van der Waals surface area contributed by atoms with Crippen molar-refractivity contribution in [3.05, 3.63) is 58.7 Å². The van der Waals surface area contributed by atoms with Crippen LogP contribution in [0.2, 0.25) is 0 Å². The molecule has 0 aliphatic heterocycles. The minimum Gasteiger partial charge on any atom is -0.482 e. The highest BCUT2D eigenvalue weighted by molar-refractivity contribution is 6.40. The molecule has 0 saturated heterocycles. The SMILES string of the molecule is Cc1cccc(F)c1NC(=O)C(=O)N[C@@H](C)C(=O)N[C@@H](CCO)C(=O)COc1c(C)c(F)cc(F)c1F. The number of aliphatic hydroxyl groups is 1. The summed E-state index contributed by atoms with van der Waals surface area (Å²) in [5.41, 5.74) is -0.233. The van der Waals surface area contributed by atoms with Crippen LogP contribution in [0.25, 0.3) is 0 Å². The Balaban J connectivity index is 1.99. The number of ether oxygens (including phenoxy) is 1. The average molecular weight is 527 g/mol. The van der Waals surface area contributed by atoms with Gasteiger partial charge in [0.25, 0.3) is 0 Å². The third kappa shape index (κ3) is 7.49. The summed E-state index contributed by atoms with van der Waals surface area (Å²) < 4.78 is 59.9. The van der Waals surface area contributed by atoms with E-state index in [1.165, 1.54) is 26.0 Å². The van der Waals surface area contributed by atoms with Gasteiger partial charge in [0.15, 0.2) is 17.3 Å². The molecule has 3 amide bonds. The topological polar surface area (TPSA) is 134 Å². The van der Waals surface area contributed by atoms with E-state index in [0.717, 1.165) is 13.0 Å². The second-order valence-corrected chi connectivity index (χ2v) is 8.02. The first kappa shape index (κ1) is 29.2. The lowest BCUT2D eigenvalue weighted by Crippen LogP contribution is -2.53. The number of carbonyl (C=O) groups is 4. The van der Waals surface area contributed by atoms with E-state index in [1.54, 1.807) is 0 Å². The van der Waals surface area contributed by atoms with Crippen LogP contribution >= 0.6 is 0 Å². The van der Waals surface area contributed by atoms with Crippen LogP contribution in [-0.2, 0) is 19.2 Å². The van der Waals surface area contributed by atoms with E-state index >= 15 is 0 Å². The van der Waals surface area contributed by atoms with Crippen LogP contribution in [0.3, 0.4) is 0 Å². The van der Waals surface area contributed by atoms with Crippen molar-refractivity contribution >= 4 is 29.2 Å². The zero-order valence-corrected chi connectivity index (χ0v) is 20.1. The van der Waals surface area contributed by atoms with Crippen molar-refractivity contribution in [3.63, 3.8) is 0 Å². The predicted molar refractivity (Wildman–Crippen MR) is 123 cm³/mol. The summed E-state index contributed by atoms with van der Waals surface area (Å²) in [6.07, 6.45) is -0.305. The first-order chi connectivity index (χ1) is 17.4. The number of carbonyl (C=O) groups excluding carboxylic acids is 4. The number of aliphatic hydroxyl groups excluding tert-OH is 1. The highest BCUT2D eigenvalue weighted by atomic mass is 19.2. The highest BCUT2D eigenvalue weighted by Gasteiger charge is 2.27. The Morgan fingerprint density at radius 1 is 0.973 bits per heavy atom. The zero-order chi connectivity index (χ0) is 27.9. The summed E-state index contributed by atoms with van der Waals surface area (Å²) in [5.74, 6) is -10.0. The van der Waals surface area contributed by atoms with Gasteiger partial charge in [-0.2, -0.15) is 4.39 Å². The fourth-order valence-electron chi connectivity index (χ4n) is 3.11. The molecule has 0 aliphatic rings. The molecule has 2 atom stereocenters. The molecule has 0 radical (unpaired) electrons. The van der Waals surface area contributed by atoms with Crippen molar-refractivity contribution in [1.82, 2.24) is 10.6 Å². The summed E-state index contributed by atoms with van der Waals surface area (Å²) in [7, 11) is 0. The van der Waals surface area contributed by atoms with Gasteiger partial charge in [0.1, 0.15) is 24.3 Å². The molecule has 0 heterocycles. The summed E-state index contributed by atoms with van der Waals surface area (Å²) >= 11 is 0. The number of nitrogens with one attached hydrogen (secondary N) is 3. The van der Waals surface area contributed by atoms with Crippen LogP contribution in [0.1, 0.15) is 24.5 Å². The smallest absolute Gasteiger partial charge is 0.313 e. The predicted octanol–water partition coefficient (Wildman–Crippen LogP) is 1.82. The van der Waals surface area contributed by atoms with E-state index in [-0.39, 0.29) is 17.7 Å². The van der Waals surface area contributed by atoms with Crippen LogP contribution in [0.15, 0.2) is 24.3 Å². The molecular formula is C24H25F4N3O6. The van der Waals surface area contributed by atoms with E-state index in [0.29, 0.717) is 11.6 Å². The van der Waals surface area contributed by atoms with Gasteiger partial charge in [-0.1, -0.05) is 12.1 Å². The van der Waals surface area contributed by atoms with Gasteiger partial charge in [0.05, 0.1) is 11.7 Å². The Morgan fingerprint density at radius 2 is 1.65 bits per heavy atom. The third-order valence-electron chi connectivity index (χ3n) is 5.25. The molecule has 9 nitrogen and oxygen atoms in total. The van der Waals surface area contributed by atoms with Gasteiger partial charge in [0.2, 0.25) is 11.7 Å². The number of rotatable bonds is 10. The van der Waals surface area contributed by atoms with Crippen LogP contribution in [0.5, 0.6) is 5.75 Å². The fourth-order valence-corrected chi connectivity index (χ4v) is 3.11. The fraction of sp³-hybridized carbons (Fsp3) is 0.333. The van der Waals surface area contributed by atoms with E-state index in [2.05, 4.69) is 16.0 Å². The lowest BCUT2D eigenvalue weighted by Gasteiger charge is -2.20. The van der Waals surface area contributed by atoms with Crippen molar-refractivity contribution in [2.24, 2.45) is 0 Å². The van der Waals surface area contributed by atoms with E-state index in [9.17, 15) is 41.8 Å². The number of amides is 3. The standard InChI is InChI=1S/C24H25F4N3O6/c1-11-5-4-6-14(25)20(11)31-24(36)23(35)29-13(3)22(34)30-17(7-8-32)18(33)10-37-21-12(2)15(26)9-16(27)19(21)28/h4-6,9,13,17,32H,7-8,10H2,1-3H3,(H,29,35)(H,30,34)(H,31,36)/t13-,17-/m0/s1. The van der Waals surface area contributed by atoms with Gasteiger partial charge >= 0.3 is 11.8 Å². The number of hydrogen-bond acceptors (Lipinski definition) is 6. The number of benzene rings is 2. The summed E-state index contributed by atoms with van der Waals surface area (Å²) in [5, 5.41) is 15.7. The molecule has 0 spiro atoms. The van der Waals surface area contributed by atoms with E-state index in [1.807, 2.05) is 0 Å². The molecule has 200 valence electrons. The Kier molecular flexibility index (Phi) is 10.1. The largest absolute Gasteiger partial charge is 0.482 e. The second-order valence-electron chi connectivity index (χ2n) is 8.02. The summed E-state index contributed by atoms with van der Waals surface area (Å²) in [6.45, 7) is 2.34. The molecule has 0 fully saturated rings. The summed E-state index contributed by atoms with van der Waals surface area (Å²) in [4.78, 5) is 49.3. The number of Topliss-reactive ketones (excluding diaryl/α,β-unsaturated/α-hetero) is 1. The van der Waals surface area contributed by atoms with Crippen molar-refractivity contribution in [3.8, 4) is 5.75 Å². The third-order valence-corrected chi connectivity index (χ3v) is 5.25. The molecule has 0 bridgehead atoms. The van der Waals surface area contributed by atoms with Gasteiger partial charge in [0, 0.05) is 18.2 Å². The molecule has 2 aromatic carbocycles. The molecular weight excluding hydrogens is 502 g/mol. The van der Waals surface area contributed by atoms with Gasteiger partial charge in [-0.05, 0) is 38.8 Å². The maximum Gasteiger partial charge on any atom is 0.313 e. The van der Waals surface area contributed by atoms with E-state index < -0.39 is 77.8 Å².